The van der Waals surface area contributed by atoms with E-state index in [9.17, 15) is 19.8 Å². The first-order valence-corrected chi connectivity index (χ1v) is 29.5. The number of ether oxygens (including phenoxy) is 1. The molecule has 0 saturated heterocycles. The van der Waals surface area contributed by atoms with Gasteiger partial charge in [-0.25, -0.2) is 0 Å². The van der Waals surface area contributed by atoms with Crippen LogP contribution in [-0.4, -0.2) is 47.4 Å². The van der Waals surface area contributed by atoms with Gasteiger partial charge in [0.1, 0.15) is 0 Å². The van der Waals surface area contributed by atoms with Crippen molar-refractivity contribution in [2.45, 2.75) is 341 Å². The smallest absolute Gasteiger partial charge is 0.305 e. The second-order valence-corrected chi connectivity index (χ2v) is 20.3. The maximum Gasteiger partial charge on any atom is 0.305 e. The van der Waals surface area contributed by atoms with Crippen molar-refractivity contribution in [3.63, 3.8) is 0 Å². The van der Waals surface area contributed by atoms with Crippen molar-refractivity contribution >= 4 is 11.9 Å². The number of aliphatic hydroxyl groups is 2. The number of esters is 1. The Bertz CT molecular complexity index is 970. The van der Waals surface area contributed by atoms with Crippen molar-refractivity contribution in [2.75, 3.05) is 13.2 Å². The maximum atomic E-state index is 12.4. The number of nitrogens with one attached hydrogen (secondary N) is 1. The van der Waals surface area contributed by atoms with Gasteiger partial charge in [0.25, 0.3) is 0 Å². The van der Waals surface area contributed by atoms with Crippen LogP contribution in [-0.2, 0) is 14.3 Å². The van der Waals surface area contributed by atoms with Crippen LogP contribution in [0.15, 0.2) is 12.2 Å². The fraction of sp³-hybridized carbons (Fsp3) is 0.932. The van der Waals surface area contributed by atoms with Crippen molar-refractivity contribution in [1.29, 1.82) is 0 Å². The highest BCUT2D eigenvalue weighted by Gasteiger charge is 2.18. The number of unbranched alkanes of at least 4 members (excludes halogenated alkanes) is 44. The third-order valence-electron chi connectivity index (χ3n) is 13.8. The van der Waals surface area contributed by atoms with E-state index < -0.39 is 12.1 Å². The minimum atomic E-state index is -0.843. The molecule has 0 heterocycles. The van der Waals surface area contributed by atoms with Crippen LogP contribution in [0.2, 0.25) is 0 Å². The molecule has 0 saturated carbocycles. The molecule has 2 atom stereocenters. The Morgan fingerprint density at radius 2 is 0.708 bits per heavy atom. The van der Waals surface area contributed by atoms with Gasteiger partial charge < -0.3 is 20.3 Å². The van der Waals surface area contributed by atoms with Crippen molar-refractivity contribution < 1.29 is 24.5 Å². The molecule has 0 fully saturated rings. The van der Waals surface area contributed by atoms with E-state index in [-0.39, 0.29) is 18.5 Å². The van der Waals surface area contributed by atoms with Crippen LogP contribution in [0, 0.1) is 0 Å². The predicted octanol–water partition coefficient (Wildman–Crippen LogP) is 18.1. The topological polar surface area (TPSA) is 95.9 Å². The Kier molecular flexibility index (Phi) is 54.0. The Morgan fingerprint density at radius 1 is 0.415 bits per heavy atom. The summed E-state index contributed by atoms with van der Waals surface area (Å²) in [6.45, 7) is 4.90. The minimum Gasteiger partial charge on any atom is -0.466 e. The molecule has 1 amide bonds. The molecule has 0 aromatic rings. The molecule has 0 aromatic heterocycles. The highest BCUT2D eigenvalue weighted by molar-refractivity contribution is 5.76. The summed E-state index contributed by atoms with van der Waals surface area (Å²) in [7, 11) is 0. The SMILES string of the molecule is CCCCCCCCCC/C=C/C(O)C(CO)NC(=O)CCCCCCCCCCCCCCCCCCCCCOC(=O)CCCCCCCCCCCCCCCCCCCCC. The summed E-state index contributed by atoms with van der Waals surface area (Å²) in [6, 6.07) is -0.627. The molecule has 0 aliphatic rings. The number of carbonyl (C=O) groups is 2. The van der Waals surface area contributed by atoms with Crippen LogP contribution in [0.25, 0.3) is 0 Å². The average molecular weight is 919 g/mol. The summed E-state index contributed by atoms with van der Waals surface area (Å²) in [4.78, 5) is 24.5. The molecule has 2 unspecified atom stereocenters. The molecule has 0 aliphatic heterocycles. The van der Waals surface area contributed by atoms with Crippen molar-refractivity contribution in [3.8, 4) is 0 Å². The lowest BCUT2D eigenvalue weighted by atomic mass is 10.0. The standard InChI is InChI=1S/C59H115NO5/c1-3-5-7-9-11-13-15-16-17-18-20-24-27-30-33-37-41-45-49-53-59(64)65-54-50-46-42-38-34-31-28-25-22-19-21-23-26-29-32-36-40-44-48-52-58(63)60-56(55-61)57(62)51-47-43-39-35-14-12-10-8-6-4-2/h47,51,56-57,61-62H,3-46,48-50,52-55H2,1-2H3,(H,60,63)/b51-47+. The maximum absolute atomic E-state index is 12.4. The lowest BCUT2D eigenvalue weighted by Crippen LogP contribution is -2.45. The van der Waals surface area contributed by atoms with Crippen LogP contribution in [0.3, 0.4) is 0 Å². The molecule has 6 heteroatoms. The Balaban J connectivity index is 3.35. The number of aliphatic hydroxyl groups excluding tert-OH is 2. The third-order valence-corrected chi connectivity index (χ3v) is 13.8. The first-order valence-electron chi connectivity index (χ1n) is 29.5. The van der Waals surface area contributed by atoms with Crippen molar-refractivity contribution in [2.24, 2.45) is 0 Å². The van der Waals surface area contributed by atoms with Gasteiger partial charge in [0.2, 0.25) is 5.91 Å². The van der Waals surface area contributed by atoms with Crippen LogP contribution in [0.4, 0.5) is 0 Å². The summed E-state index contributed by atoms with van der Waals surface area (Å²) in [6.07, 6.45) is 65.3. The first-order chi connectivity index (χ1) is 32.0. The van der Waals surface area contributed by atoms with Gasteiger partial charge in [-0.15, -0.1) is 0 Å². The lowest BCUT2D eigenvalue weighted by molar-refractivity contribution is -0.143. The van der Waals surface area contributed by atoms with E-state index in [0.717, 1.165) is 38.5 Å². The molecular weight excluding hydrogens is 803 g/mol. The zero-order valence-electron chi connectivity index (χ0n) is 44.0. The Hall–Kier alpha value is -1.40. The van der Waals surface area contributed by atoms with Gasteiger partial charge >= 0.3 is 5.97 Å². The summed E-state index contributed by atoms with van der Waals surface area (Å²) >= 11 is 0. The molecular formula is C59H115NO5. The lowest BCUT2D eigenvalue weighted by Gasteiger charge is -2.20. The molecule has 0 bridgehead atoms. The number of amides is 1. The molecule has 0 spiro atoms. The van der Waals surface area contributed by atoms with E-state index in [1.54, 1.807) is 6.08 Å². The van der Waals surface area contributed by atoms with Crippen LogP contribution in [0.5, 0.6) is 0 Å². The Morgan fingerprint density at radius 3 is 1.05 bits per heavy atom. The second-order valence-electron chi connectivity index (χ2n) is 20.3. The zero-order valence-corrected chi connectivity index (χ0v) is 44.0. The molecule has 0 aromatic carbocycles. The van der Waals surface area contributed by atoms with E-state index in [1.807, 2.05) is 6.08 Å². The van der Waals surface area contributed by atoms with E-state index >= 15 is 0 Å². The minimum absolute atomic E-state index is 0.0133. The predicted molar refractivity (Wildman–Crippen MR) is 283 cm³/mol. The van der Waals surface area contributed by atoms with E-state index in [0.29, 0.717) is 19.4 Å². The molecule has 3 N–H and O–H groups in total. The average Bonchev–Trinajstić information content (AvgIpc) is 3.31. The molecule has 386 valence electrons. The van der Waals surface area contributed by atoms with E-state index in [2.05, 4.69) is 19.2 Å². The van der Waals surface area contributed by atoms with Gasteiger partial charge in [-0.3, -0.25) is 9.59 Å². The van der Waals surface area contributed by atoms with Crippen molar-refractivity contribution in [3.05, 3.63) is 12.2 Å². The monoisotopic (exact) mass is 918 g/mol. The van der Waals surface area contributed by atoms with Crippen LogP contribution in [0.1, 0.15) is 328 Å². The van der Waals surface area contributed by atoms with Gasteiger partial charge in [0.05, 0.1) is 25.4 Å². The van der Waals surface area contributed by atoms with Gasteiger partial charge in [0.15, 0.2) is 0 Å². The van der Waals surface area contributed by atoms with Gasteiger partial charge in [0, 0.05) is 12.8 Å². The van der Waals surface area contributed by atoms with Crippen LogP contribution >= 0.6 is 0 Å². The first kappa shape index (κ1) is 63.6. The second kappa shape index (κ2) is 55.2. The highest BCUT2D eigenvalue weighted by atomic mass is 16.5. The summed E-state index contributed by atoms with van der Waals surface area (Å²) in [5.74, 6) is -0.0581. The molecule has 0 aliphatic carbocycles. The van der Waals surface area contributed by atoms with Gasteiger partial charge in [-0.1, -0.05) is 296 Å². The highest BCUT2D eigenvalue weighted by Crippen LogP contribution is 2.18. The fourth-order valence-electron chi connectivity index (χ4n) is 9.28. The number of carbonyl (C=O) groups excluding carboxylic acids is 2. The van der Waals surface area contributed by atoms with Gasteiger partial charge in [-0.2, -0.15) is 0 Å². The molecule has 0 radical (unpaired) electrons. The zero-order chi connectivity index (χ0) is 47.2. The summed E-state index contributed by atoms with van der Waals surface area (Å²) in [5, 5.41) is 23.0. The molecule has 6 nitrogen and oxygen atoms in total. The summed E-state index contributed by atoms with van der Waals surface area (Å²) < 4.78 is 5.50. The van der Waals surface area contributed by atoms with Gasteiger partial charge in [-0.05, 0) is 32.1 Å². The van der Waals surface area contributed by atoms with E-state index in [4.69, 9.17) is 4.74 Å². The quantitative estimate of drug-likeness (QED) is 0.0321. The molecule has 65 heavy (non-hydrogen) atoms. The number of hydrogen-bond acceptors (Lipinski definition) is 5. The Labute approximate surface area is 406 Å². The van der Waals surface area contributed by atoms with E-state index in [1.165, 1.54) is 263 Å². The largest absolute Gasteiger partial charge is 0.466 e. The molecule has 0 rings (SSSR count). The number of hydrogen-bond donors (Lipinski definition) is 3. The normalized spacial score (nSPS) is 12.6. The van der Waals surface area contributed by atoms with Crippen molar-refractivity contribution in [1.82, 2.24) is 5.32 Å². The third kappa shape index (κ3) is 51.8. The summed E-state index contributed by atoms with van der Waals surface area (Å²) in [5.41, 5.74) is 0. The number of allylic oxidation sites excluding steroid dienone is 1. The fourth-order valence-corrected chi connectivity index (χ4v) is 9.28. The van der Waals surface area contributed by atoms with Crippen LogP contribution < -0.4 is 5.32 Å². The number of rotatable bonds is 55.